The third kappa shape index (κ3) is 2.91. The van der Waals surface area contributed by atoms with E-state index in [1.165, 1.54) is 12.1 Å². The average Bonchev–Trinajstić information content (AvgIpc) is 2.74. The number of hydrogen-bond acceptors (Lipinski definition) is 2. The van der Waals surface area contributed by atoms with E-state index in [1.54, 1.807) is 25.1 Å². The molecule has 1 N–H and O–H groups in total. The maximum Gasteiger partial charge on any atom is 0.325 e. The van der Waals surface area contributed by atoms with Crippen molar-refractivity contribution in [1.29, 1.82) is 0 Å². The molecule has 0 saturated carbocycles. The lowest BCUT2D eigenvalue weighted by molar-refractivity contribution is -0.131. The normalized spacial score (nSPS) is 20.4. The number of carbonyl (C=O) groups is 2. The molecule has 0 radical (unpaired) electrons. The number of halogens is 3. The van der Waals surface area contributed by atoms with Crippen LogP contribution < -0.4 is 5.32 Å². The topological polar surface area (TPSA) is 49.4 Å². The fourth-order valence-corrected chi connectivity index (χ4v) is 3.28. The summed E-state index contributed by atoms with van der Waals surface area (Å²) in [5.41, 5.74) is 0.0101. The van der Waals surface area contributed by atoms with Gasteiger partial charge in [0.15, 0.2) is 0 Å². The number of hydrogen-bond donors (Lipinski definition) is 1. The lowest BCUT2D eigenvalue weighted by atomic mass is 9.92. The zero-order valence-electron chi connectivity index (χ0n) is 12.6. The van der Waals surface area contributed by atoms with E-state index in [-0.39, 0.29) is 17.5 Å². The van der Waals surface area contributed by atoms with Crippen LogP contribution in [0, 0.1) is 5.82 Å². The van der Waals surface area contributed by atoms with Gasteiger partial charge in [-0.25, -0.2) is 9.18 Å². The van der Waals surface area contributed by atoms with Gasteiger partial charge in [-0.05, 0) is 42.3 Å². The predicted molar refractivity (Wildman–Crippen MR) is 92.0 cm³/mol. The number of urea groups is 1. The highest BCUT2D eigenvalue weighted by Gasteiger charge is 2.49. The highest BCUT2D eigenvalue weighted by Crippen LogP contribution is 2.32. The van der Waals surface area contributed by atoms with Crippen molar-refractivity contribution in [3.63, 3.8) is 0 Å². The third-order valence-corrected chi connectivity index (χ3v) is 4.87. The molecule has 0 unspecified atom stereocenters. The van der Waals surface area contributed by atoms with Crippen molar-refractivity contribution in [2.75, 3.05) is 0 Å². The summed E-state index contributed by atoms with van der Waals surface area (Å²) in [7, 11) is 0. The van der Waals surface area contributed by atoms with Crippen LogP contribution in [0.5, 0.6) is 0 Å². The van der Waals surface area contributed by atoms with E-state index in [1.807, 2.05) is 6.07 Å². The van der Waals surface area contributed by atoms with Crippen LogP contribution in [-0.4, -0.2) is 16.8 Å². The average molecular weight is 412 g/mol. The van der Waals surface area contributed by atoms with Crippen LogP contribution in [0.3, 0.4) is 0 Å². The number of benzene rings is 2. The summed E-state index contributed by atoms with van der Waals surface area (Å²) in [5, 5.41) is 2.90. The molecule has 1 aliphatic heterocycles. The molecule has 3 amide bonds. The van der Waals surface area contributed by atoms with Gasteiger partial charge in [-0.15, -0.1) is 0 Å². The van der Waals surface area contributed by atoms with Gasteiger partial charge < -0.3 is 5.32 Å². The first-order valence-corrected chi connectivity index (χ1v) is 8.32. The van der Waals surface area contributed by atoms with Crippen LogP contribution >= 0.6 is 27.5 Å². The molecule has 1 heterocycles. The smallest absolute Gasteiger partial charge is 0.319 e. The highest BCUT2D eigenvalue weighted by molar-refractivity contribution is 9.10. The molecule has 1 aliphatic rings. The predicted octanol–water partition coefficient (Wildman–Crippen LogP) is 4.21. The van der Waals surface area contributed by atoms with Gasteiger partial charge in [-0.2, -0.15) is 0 Å². The monoisotopic (exact) mass is 410 g/mol. The largest absolute Gasteiger partial charge is 0.325 e. The number of nitrogens with one attached hydrogen (secondary N) is 1. The molecule has 24 heavy (non-hydrogen) atoms. The second kappa shape index (κ2) is 6.18. The minimum Gasteiger partial charge on any atom is -0.319 e. The minimum absolute atomic E-state index is 0.0205. The fourth-order valence-electron chi connectivity index (χ4n) is 2.66. The van der Waals surface area contributed by atoms with E-state index >= 15 is 0 Å². The van der Waals surface area contributed by atoms with Crippen LogP contribution in [0.1, 0.15) is 18.1 Å². The molecule has 1 fully saturated rings. The lowest BCUT2D eigenvalue weighted by Crippen LogP contribution is -2.40. The molecule has 7 heteroatoms. The summed E-state index contributed by atoms with van der Waals surface area (Å²) < 4.78 is 14.0. The number of amides is 3. The first-order chi connectivity index (χ1) is 11.3. The van der Waals surface area contributed by atoms with Gasteiger partial charge >= 0.3 is 6.03 Å². The quantitative estimate of drug-likeness (QED) is 0.769. The molecule has 0 spiro atoms. The summed E-state index contributed by atoms with van der Waals surface area (Å²) in [6.07, 6.45) is 0. The molecule has 4 nitrogen and oxygen atoms in total. The highest BCUT2D eigenvalue weighted by atomic mass is 79.9. The first-order valence-electron chi connectivity index (χ1n) is 7.15. The number of carbonyl (C=O) groups excluding carboxylic acids is 2. The maximum atomic E-state index is 13.1. The summed E-state index contributed by atoms with van der Waals surface area (Å²) in [5.74, 6) is -0.856. The zero-order valence-corrected chi connectivity index (χ0v) is 15.0. The molecule has 1 saturated heterocycles. The Labute approximate surface area is 151 Å². The van der Waals surface area contributed by atoms with Gasteiger partial charge in [-0.3, -0.25) is 9.69 Å². The summed E-state index contributed by atoms with van der Waals surface area (Å²) in [6.45, 7) is 1.63. The van der Waals surface area contributed by atoms with Crippen molar-refractivity contribution in [2.24, 2.45) is 0 Å². The van der Waals surface area contributed by atoms with E-state index in [4.69, 9.17) is 11.6 Å². The Bertz CT molecular complexity index is 845. The Kier molecular flexibility index (Phi) is 4.36. The Morgan fingerprint density at radius 3 is 2.67 bits per heavy atom. The van der Waals surface area contributed by atoms with Crippen molar-refractivity contribution in [3.05, 3.63) is 68.9 Å². The van der Waals surface area contributed by atoms with E-state index in [9.17, 15) is 14.0 Å². The van der Waals surface area contributed by atoms with Gasteiger partial charge in [-0.1, -0.05) is 45.7 Å². The molecular weight excluding hydrogens is 399 g/mol. The maximum absolute atomic E-state index is 13.1. The standard InChI is InChI=1S/C17H13BrClFN2O2/c1-17(11-3-2-4-12(18)7-11)15(23)22(16(24)21-17)9-10-5-6-13(20)8-14(10)19/h2-8H,9H2,1H3,(H,21,24)/t17-/m0/s1. The Hall–Kier alpha value is -1.92. The molecule has 2 aromatic carbocycles. The number of nitrogens with zero attached hydrogens (tertiary/aromatic N) is 1. The van der Waals surface area contributed by atoms with Gasteiger partial charge in [0.2, 0.25) is 0 Å². The van der Waals surface area contributed by atoms with Crippen molar-refractivity contribution in [2.45, 2.75) is 19.0 Å². The van der Waals surface area contributed by atoms with E-state index in [0.717, 1.165) is 15.4 Å². The fraction of sp³-hybridized carbons (Fsp3) is 0.176. The lowest BCUT2D eigenvalue weighted by Gasteiger charge is -2.22. The van der Waals surface area contributed by atoms with Crippen molar-refractivity contribution in [1.82, 2.24) is 10.2 Å². The van der Waals surface area contributed by atoms with Crippen LogP contribution in [-0.2, 0) is 16.9 Å². The Morgan fingerprint density at radius 1 is 1.25 bits per heavy atom. The minimum atomic E-state index is -1.16. The van der Waals surface area contributed by atoms with Crippen LogP contribution in [0.25, 0.3) is 0 Å². The van der Waals surface area contributed by atoms with Crippen LogP contribution in [0.4, 0.5) is 9.18 Å². The van der Waals surface area contributed by atoms with E-state index < -0.39 is 17.4 Å². The molecule has 0 aromatic heterocycles. The molecule has 3 rings (SSSR count). The third-order valence-electron chi connectivity index (χ3n) is 4.02. The number of rotatable bonds is 3. The molecule has 1 atom stereocenters. The van der Waals surface area contributed by atoms with E-state index in [2.05, 4.69) is 21.2 Å². The summed E-state index contributed by atoms with van der Waals surface area (Å²) in [4.78, 5) is 26.2. The molecule has 0 aliphatic carbocycles. The molecular formula is C17H13BrClFN2O2. The van der Waals surface area contributed by atoms with Gasteiger partial charge in [0.05, 0.1) is 6.54 Å². The SMILES string of the molecule is C[C@@]1(c2cccc(Br)c2)NC(=O)N(Cc2ccc(F)cc2Cl)C1=O. The second-order valence-electron chi connectivity index (χ2n) is 5.69. The summed E-state index contributed by atoms with van der Waals surface area (Å²) >= 11 is 9.36. The number of imide groups is 1. The van der Waals surface area contributed by atoms with E-state index in [0.29, 0.717) is 11.1 Å². The van der Waals surface area contributed by atoms with Crippen molar-refractivity contribution >= 4 is 39.5 Å². The Morgan fingerprint density at radius 2 is 2.00 bits per heavy atom. The molecule has 124 valence electrons. The van der Waals surface area contributed by atoms with Crippen LogP contribution in [0.2, 0.25) is 5.02 Å². The van der Waals surface area contributed by atoms with Crippen molar-refractivity contribution < 1.29 is 14.0 Å². The van der Waals surface area contributed by atoms with Gasteiger partial charge in [0.25, 0.3) is 5.91 Å². The van der Waals surface area contributed by atoms with Gasteiger partial charge in [0, 0.05) is 9.50 Å². The zero-order chi connectivity index (χ0) is 17.5. The molecule has 2 aromatic rings. The Balaban J connectivity index is 1.91. The van der Waals surface area contributed by atoms with Crippen LogP contribution in [0.15, 0.2) is 46.9 Å². The summed E-state index contributed by atoms with van der Waals surface area (Å²) in [6, 6.07) is 10.5. The first kappa shape index (κ1) is 16.9. The van der Waals surface area contributed by atoms with Gasteiger partial charge in [0.1, 0.15) is 11.4 Å². The second-order valence-corrected chi connectivity index (χ2v) is 7.02. The van der Waals surface area contributed by atoms with Crippen molar-refractivity contribution in [3.8, 4) is 0 Å². The molecule has 0 bridgehead atoms.